The van der Waals surface area contributed by atoms with Gasteiger partial charge in [0, 0.05) is 50.6 Å². The topological polar surface area (TPSA) is 115 Å². The quantitative estimate of drug-likeness (QED) is 0.113. The van der Waals surface area contributed by atoms with Crippen molar-refractivity contribution in [3.05, 3.63) is 35.9 Å². The van der Waals surface area contributed by atoms with Crippen molar-refractivity contribution < 1.29 is 23.8 Å². The molecule has 0 saturated carbocycles. The van der Waals surface area contributed by atoms with Gasteiger partial charge >= 0.3 is 6.03 Å². The molecule has 9 nitrogen and oxygen atoms in total. The molecule has 0 aliphatic heterocycles. The maximum atomic E-state index is 13.0. The molecular weight excluding hydrogens is 496 g/mol. The van der Waals surface area contributed by atoms with Crippen LogP contribution in [0.5, 0.6) is 11.5 Å². The van der Waals surface area contributed by atoms with Crippen LogP contribution >= 0.6 is 0 Å². The number of nitrogens with zero attached hydrogens (tertiary/aromatic N) is 2. The third kappa shape index (κ3) is 11.3. The summed E-state index contributed by atoms with van der Waals surface area (Å²) in [4.78, 5) is 26.5. The number of ether oxygens (including phenoxy) is 3. The van der Waals surface area contributed by atoms with Gasteiger partial charge in [0.05, 0.1) is 19.4 Å². The molecule has 3 amide bonds. The van der Waals surface area contributed by atoms with E-state index in [1.54, 1.807) is 14.2 Å². The van der Waals surface area contributed by atoms with Crippen LogP contribution in [0.15, 0.2) is 35.5 Å². The van der Waals surface area contributed by atoms with E-state index in [0.717, 1.165) is 12.0 Å². The minimum atomic E-state index is -0.732. The molecule has 220 valence electrons. The molecule has 0 saturated heterocycles. The van der Waals surface area contributed by atoms with Gasteiger partial charge in [0.1, 0.15) is 0 Å². The summed E-state index contributed by atoms with van der Waals surface area (Å²) < 4.78 is 16.6. The number of benzene rings is 1. The van der Waals surface area contributed by atoms with Crippen LogP contribution in [0.4, 0.5) is 4.79 Å². The Balaban J connectivity index is 3.24. The highest BCUT2D eigenvalue weighted by Gasteiger charge is 2.25. The van der Waals surface area contributed by atoms with E-state index < -0.39 is 6.03 Å². The molecule has 3 N–H and O–H groups in total. The Bertz CT molecular complexity index is 941. The number of hydrogen-bond acceptors (Lipinski definition) is 6. The van der Waals surface area contributed by atoms with Crippen molar-refractivity contribution in [2.24, 2.45) is 34.5 Å². The second-order valence-corrected chi connectivity index (χ2v) is 10.2. The van der Waals surface area contributed by atoms with Crippen molar-refractivity contribution in [1.82, 2.24) is 10.3 Å². The minimum Gasteiger partial charge on any atom is -0.493 e. The number of carbonyl (C=O) groups is 2. The lowest BCUT2D eigenvalue weighted by Gasteiger charge is -2.27. The molecule has 2 unspecified atom stereocenters. The van der Waals surface area contributed by atoms with Gasteiger partial charge in [-0.3, -0.25) is 4.79 Å². The first-order valence-corrected chi connectivity index (χ1v) is 14.0. The zero-order valence-electron chi connectivity index (χ0n) is 25.2. The van der Waals surface area contributed by atoms with E-state index in [0.29, 0.717) is 56.4 Å². The minimum absolute atomic E-state index is 0.0289. The third-order valence-electron chi connectivity index (χ3n) is 6.80. The van der Waals surface area contributed by atoms with E-state index in [9.17, 15) is 9.59 Å². The fourth-order valence-corrected chi connectivity index (χ4v) is 4.42. The monoisotopic (exact) mass is 546 g/mol. The third-order valence-corrected chi connectivity index (χ3v) is 6.80. The smallest absolute Gasteiger partial charge is 0.332 e. The Morgan fingerprint density at radius 2 is 1.59 bits per heavy atom. The van der Waals surface area contributed by atoms with E-state index in [-0.39, 0.29) is 29.6 Å². The van der Waals surface area contributed by atoms with Crippen molar-refractivity contribution in [3.8, 4) is 11.5 Å². The molecule has 1 aromatic carbocycles. The summed E-state index contributed by atoms with van der Waals surface area (Å²) >= 11 is 0. The van der Waals surface area contributed by atoms with Crippen molar-refractivity contribution in [3.63, 3.8) is 0 Å². The van der Waals surface area contributed by atoms with Gasteiger partial charge in [-0.25, -0.2) is 10.2 Å². The SMILES string of the molecule is CCN(CC)C(=O)C(C/C=C/CC(C(=NNC(N)=O)c1ccc(OC)c(OCCCOC)c1)C(C)C)C(C)C. The van der Waals surface area contributed by atoms with Crippen molar-refractivity contribution in [1.29, 1.82) is 0 Å². The average Bonchev–Trinajstić information content (AvgIpc) is 2.90. The molecular formula is C30H50N4O5. The molecule has 39 heavy (non-hydrogen) atoms. The highest BCUT2D eigenvalue weighted by molar-refractivity contribution is 6.03. The number of rotatable bonds is 18. The number of carbonyl (C=O) groups excluding carboxylic acids is 2. The van der Waals surface area contributed by atoms with E-state index >= 15 is 0 Å². The van der Waals surface area contributed by atoms with E-state index in [4.69, 9.17) is 19.9 Å². The number of urea groups is 1. The first-order chi connectivity index (χ1) is 18.6. The van der Waals surface area contributed by atoms with Gasteiger partial charge in [0.2, 0.25) is 5.91 Å². The Labute approximate surface area is 235 Å². The summed E-state index contributed by atoms with van der Waals surface area (Å²) in [5, 5.41) is 4.42. The van der Waals surface area contributed by atoms with Crippen molar-refractivity contribution >= 4 is 17.6 Å². The first-order valence-electron chi connectivity index (χ1n) is 14.0. The average molecular weight is 547 g/mol. The van der Waals surface area contributed by atoms with Crippen molar-refractivity contribution in [2.75, 3.05) is 40.5 Å². The second kappa shape index (κ2) is 18.3. The normalized spacial score (nSPS) is 13.5. The second-order valence-electron chi connectivity index (χ2n) is 10.2. The van der Waals surface area contributed by atoms with Gasteiger partial charge < -0.3 is 24.8 Å². The molecule has 0 fully saturated rings. The summed E-state index contributed by atoms with van der Waals surface area (Å²) in [5.74, 6) is 1.74. The summed E-state index contributed by atoms with van der Waals surface area (Å²) in [5.41, 5.74) is 9.27. The van der Waals surface area contributed by atoms with Crippen LogP contribution in [0.3, 0.4) is 0 Å². The molecule has 0 radical (unpaired) electrons. The Morgan fingerprint density at radius 3 is 2.10 bits per heavy atom. The van der Waals surface area contributed by atoms with E-state index in [2.05, 4.69) is 50.4 Å². The highest BCUT2D eigenvalue weighted by Crippen LogP contribution is 2.31. The number of allylic oxidation sites excluding steroid dienone is 2. The maximum Gasteiger partial charge on any atom is 0.332 e. The maximum absolute atomic E-state index is 13.0. The largest absolute Gasteiger partial charge is 0.493 e. The lowest BCUT2D eigenvalue weighted by atomic mass is 9.84. The van der Waals surface area contributed by atoms with Gasteiger partial charge in [-0.1, -0.05) is 39.8 Å². The molecule has 0 aliphatic carbocycles. The molecule has 2 atom stereocenters. The Morgan fingerprint density at radius 1 is 0.974 bits per heavy atom. The number of amides is 3. The van der Waals surface area contributed by atoms with Crippen LogP contribution < -0.4 is 20.6 Å². The molecule has 0 heterocycles. The number of nitrogens with two attached hydrogens (primary N) is 1. The van der Waals surface area contributed by atoms with E-state index in [1.807, 2.05) is 36.9 Å². The summed E-state index contributed by atoms with van der Waals surface area (Å²) in [6.07, 6.45) is 6.30. The predicted molar refractivity (Wildman–Crippen MR) is 157 cm³/mol. The van der Waals surface area contributed by atoms with Gasteiger partial charge in [-0.05, 0) is 56.7 Å². The van der Waals surface area contributed by atoms with Crippen LogP contribution in [0.25, 0.3) is 0 Å². The number of nitrogens with one attached hydrogen (secondary N) is 1. The fourth-order valence-electron chi connectivity index (χ4n) is 4.42. The summed E-state index contributed by atoms with van der Waals surface area (Å²) in [6, 6.07) is 4.88. The highest BCUT2D eigenvalue weighted by atomic mass is 16.5. The van der Waals surface area contributed by atoms with Crippen molar-refractivity contribution in [2.45, 2.75) is 60.8 Å². The van der Waals surface area contributed by atoms with Crippen LogP contribution in [0.1, 0.15) is 66.4 Å². The first kappa shape index (κ1) is 34.0. The lowest BCUT2D eigenvalue weighted by molar-refractivity contribution is -0.136. The molecule has 0 aromatic heterocycles. The van der Waals surface area contributed by atoms with Crippen LogP contribution in [-0.2, 0) is 9.53 Å². The van der Waals surface area contributed by atoms with Gasteiger partial charge in [-0.2, -0.15) is 5.10 Å². The van der Waals surface area contributed by atoms with Crippen LogP contribution in [0, 0.1) is 23.7 Å². The zero-order valence-corrected chi connectivity index (χ0v) is 25.2. The number of methoxy groups -OCH3 is 2. The van der Waals surface area contributed by atoms with Gasteiger partial charge in [-0.15, -0.1) is 0 Å². The molecule has 0 spiro atoms. The van der Waals surface area contributed by atoms with Gasteiger partial charge in [0.25, 0.3) is 0 Å². The fraction of sp³-hybridized carbons (Fsp3) is 0.633. The molecule has 0 bridgehead atoms. The standard InChI is InChI=1S/C30H50N4O5/c1-9-34(10-2)29(35)25(22(5)6)15-12-11-14-24(21(3)4)28(32-33-30(31)36)23-16-17-26(38-8)27(20-23)39-19-13-18-37-7/h11-12,16-17,20-22,24-25H,9-10,13-15,18-19H2,1-8H3,(H3,31,33,36)/b12-11+,32-28?. The Hall–Kier alpha value is -3.07. The molecule has 1 rings (SSSR count). The van der Waals surface area contributed by atoms with E-state index in [1.165, 1.54) is 0 Å². The zero-order chi connectivity index (χ0) is 29.4. The van der Waals surface area contributed by atoms with Crippen LogP contribution in [-0.4, -0.2) is 63.1 Å². The summed E-state index contributed by atoms with van der Waals surface area (Å²) in [7, 11) is 3.25. The lowest BCUT2D eigenvalue weighted by Crippen LogP contribution is -2.37. The molecule has 1 aromatic rings. The molecule has 9 heteroatoms. The predicted octanol–water partition coefficient (Wildman–Crippen LogP) is 5.23. The van der Waals surface area contributed by atoms with Crippen LogP contribution in [0.2, 0.25) is 0 Å². The summed E-state index contributed by atoms with van der Waals surface area (Å²) in [6.45, 7) is 14.9. The Kier molecular flexibility index (Phi) is 15.9. The number of hydrogen-bond donors (Lipinski definition) is 2. The van der Waals surface area contributed by atoms with Gasteiger partial charge in [0.15, 0.2) is 11.5 Å². The molecule has 0 aliphatic rings. The number of primary amides is 1. The number of hydrazone groups is 1.